The fourth-order valence-corrected chi connectivity index (χ4v) is 2.43. The van der Waals surface area contributed by atoms with Crippen LogP contribution in [0.15, 0.2) is 30.3 Å². The normalized spacial score (nSPS) is 19.4. The molecule has 1 heterocycles. The molecule has 1 aromatic rings. The lowest BCUT2D eigenvalue weighted by Gasteiger charge is -2.26. The minimum absolute atomic E-state index is 0.214. The van der Waals surface area contributed by atoms with Crippen molar-refractivity contribution in [2.75, 3.05) is 0 Å². The maximum atomic E-state index is 12.0. The SMILES string of the molecule is CC(C)(C)OC(=O)NC(Cc1ccccc1)C1CCC(=O)O1. The van der Waals surface area contributed by atoms with Crippen molar-refractivity contribution < 1.29 is 19.1 Å². The van der Waals surface area contributed by atoms with Crippen LogP contribution in [0.3, 0.4) is 0 Å². The van der Waals surface area contributed by atoms with E-state index in [0.29, 0.717) is 19.3 Å². The molecule has 1 aliphatic heterocycles. The van der Waals surface area contributed by atoms with Crippen molar-refractivity contribution in [2.24, 2.45) is 0 Å². The molecule has 0 saturated carbocycles. The van der Waals surface area contributed by atoms with E-state index >= 15 is 0 Å². The Bertz CT molecular complexity index is 521. The van der Waals surface area contributed by atoms with E-state index in [9.17, 15) is 9.59 Å². The molecule has 1 aromatic carbocycles. The molecule has 0 bridgehead atoms. The Balaban J connectivity index is 2.04. The molecule has 1 aliphatic rings. The summed E-state index contributed by atoms with van der Waals surface area (Å²) in [5.74, 6) is -0.214. The molecular formula is C17H23NO4. The van der Waals surface area contributed by atoms with Crippen LogP contribution in [0.1, 0.15) is 39.2 Å². The highest BCUT2D eigenvalue weighted by molar-refractivity contribution is 5.72. The Morgan fingerprint density at radius 3 is 2.59 bits per heavy atom. The number of benzene rings is 1. The maximum absolute atomic E-state index is 12.0. The second-order valence-corrected chi connectivity index (χ2v) is 6.51. The number of cyclic esters (lactones) is 1. The van der Waals surface area contributed by atoms with Crippen molar-refractivity contribution in [2.45, 2.75) is 57.8 Å². The van der Waals surface area contributed by atoms with E-state index in [0.717, 1.165) is 5.56 Å². The fraction of sp³-hybridized carbons (Fsp3) is 0.529. The maximum Gasteiger partial charge on any atom is 0.408 e. The zero-order valence-electron chi connectivity index (χ0n) is 13.3. The zero-order valence-corrected chi connectivity index (χ0v) is 13.3. The van der Waals surface area contributed by atoms with E-state index < -0.39 is 11.7 Å². The first kappa shape index (κ1) is 16.3. The van der Waals surface area contributed by atoms with Crippen LogP contribution in [0.2, 0.25) is 0 Å². The standard InChI is InChI=1S/C17H23NO4/c1-17(2,3)22-16(20)18-13(14-9-10-15(19)21-14)11-12-7-5-4-6-8-12/h4-8,13-14H,9-11H2,1-3H3,(H,18,20). The number of esters is 1. The molecule has 120 valence electrons. The van der Waals surface area contributed by atoms with E-state index in [1.54, 1.807) is 0 Å². The largest absolute Gasteiger partial charge is 0.460 e. The van der Waals surface area contributed by atoms with Gasteiger partial charge in [0.25, 0.3) is 0 Å². The summed E-state index contributed by atoms with van der Waals surface area (Å²) < 4.78 is 10.6. The molecule has 0 aromatic heterocycles. The van der Waals surface area contributed by atoms with Crippen molar-refractivity contribution in [3.05, 3.63) is 35.9 Å². The summed E-state index contributed by atoms with van der Waals surface area (Å²) >= 11 is 0. The van der Waals surface area contributed by atoms with E-state index in [1.165, 1.54) is 0 Å². The van der Waals surface area contributed by atoms with Crippen LogP contribution < -0.4 is 5.32 Å². The molecule has 2 rings (SSSR count). The third-order valence-electron chi connectivity index (χ3n) is 3.37. The van der Waals surface area contributed by atoms with Crippen LogP contribution in [0.4, 0.5) is 4.79 Å². The molecule has 5 nitrogen and oxygen atoms in total. The second kappa shape index (κ2) is 6.81. The number of ether oxygens (including phenoxy) is 2. The van der Waals surface area contributed by atoms with Gasteiger partial charge in [0.15, 0.2) is 0 Å². The minimum atomic E-state index is -0.562. The van der Waals surface area contributed by atoms with Gasteiger partial charge in [-0.1, -0.05) is 30.3 Å². The lowest BCUT2D eigenvalue weighted by atomic mass is 9.99. The Hall–Kier alpha value is -2.04. The molecule has 5 heteroatoms. The second-order valence-electron chi connectivity index (χ2n) is 6.51. The Kier molecular flexibility index (Phi) is 5.06. The van der Waals surface area contributed by atoms with Crippen LogP contribution in [0.5, 0.6) is 0 Å². The smallest absolute Gasteiger partial charge is 0.408 e. The van der Waals surface area contributed by atoms with Gasteiger partial charge < -0.3 is 14.8 Å². The Morgan fingerprint density at radius 1 is 1.36 bits per heavy atom. The quantitative estimate of drug-likeness (QED) is 0.869. The van der Waals surface area contributed by atoms with E-state index in [2.05, 4.69) is 5.32 Å². The summed E-state index contributed by atoms with van der Waals surface area (Å²) in [5, 5.41) is 2.85. The highest BCUT2D eigenvalue weighted by Gasteiger charge is 2.33. The van der Waals surface area contributed by atoms with Crippen molar-refractivity contribution in [3.63, 3.8) is 0 Å². The molecule has 1 amide bonds. The van der Waals surface area contributed by atoms with E-state index in [4.69, 9.17) is 9.47 Å². The van der Waals surface area contributed by atoms with Gasteiger partial charge in [-0.05, 0) is 39.2 Å². The van der Waals surface area contributed by atoms with Gasteiger partial charge in [-0.3, -0.25) is 4.79 Å². The number of amides is 1. The summed E-state index contributed by atoms with van der Waals surface area (Å²) in [6.45, 7) is 5.44. The van der Waals surface area contributed by atoms with Gasteiger partial charge in [-0.2, -0.15) is 0 Å². The molecule has 1 saturated heterocycles. The molecule has 1 N–H and O–H groups in total. The highest BCUT2D eigenvalue weighted by atomic mass is 16.6. The van der Waals surface area contributed by atoms with Gasteiger partial charge in [0, 0.05) is 6.42 Å². The highest BCUT2D eigenvalue weighted by Crippen LogP contribution is 2.20. The number of carbonyl (C=O) groups is 2. The molecule has 0 radical (unpaired) electrons. The Labute approximate surface area is 131 Å². The molecule has 2 unspecified atom stereocenters. The number of nitrogens with one attached hydrogen (secondary N) is 1. The first-order valence-corrected chi connectivity index (χ1v) is 7.56. The lowest BCUT2D eigenvalue weighted by Crippen LogP contribution is -2.46. The fourth-order valence-electron chi connectivity index (χ4n) is 2.43. The third-order valence-corrected chi connectivity index (χ3v) is 3.37. The van der Waals surface area contributed by atoms with Gasteiger partial charge in [0.2, 0.25) is 0 Å². The summed E-state index contributed by atoms with van der Waals surface area (Å²) in [7, 11) is 0. The van der Waals surface area contributed by atoms with E-state index in [1.807, 2.05) is 51.1 Å². The van der Waals surface area contributed by atoms with Gasteiger partial charge in [0.05, 0.1) is 6.04 Å². The van der Waals surface area contributed by atoms with Gasteiger partial charge in [-0.25, -0.2) is 4.79 Å². The predicted octanol–water partition coefficient (Wildman–Crippen LogP) is 2.83. The van der Waals surface area contributed by atoms with Gasteiger partial charge in [0.1, 0.15) is 11.7 Å². The molecule has 0 spiro atoms. The first-order valence-electron chi connectivity index (χ1n) is 7.56. The van der Waals surface area contributed by atoms with Crippen LogP contribution in [0.25, 0.3) is 0 Å². The lowest BCUT2D eigenvalue weighted by molar-refractivity contribution is -0.142. The summed E-state index contributed by atoms with van der Waals surface area (Å²) in [6, 6.07) is 9.51. The summed E-state index contributed by atoms with van der Waals surface area (Å²) in [4.78, 5) is 23.4. The monoisotopic (exact) mass is 305 g/mol. The molecule has 0 aliphatic carbocycles. The van der Waals surface area contributed by atoms with Crippen molar-refractivity contribution in [1.82, 2.24) is 5.32 Å². The van der Waals surface area contributed by atoms with E-state index in [-0.39, 0.29) is 18.1 Å². The van der Waals surface area contributed by atoms with Crippen LogP contribution >= 0.6 is 0 Å². The topological polar surface area (TPSA) is 64.6 Å². The average Bonchev–Trinajstić information content (AvgIpc) is 2.84. The summed E-state index contributed by atoms with van der Waals surface area (Å²) in [6.07, 6.45) is 0.812. The predicted molar refractivity (Wildman–Crippen MR) is 82.4 cm³/mol. The molecular weight excluding hydrogens is 282 g/mol. The van der Waals surface area contributed by atoms with Crippen LogP contribution in [-0.2, 0) is 20.7 Å². The number of hydrogen-bond acceptors (Lipinski definition) is 4. The number of rotatable bonds is 4. The van der Waals surface area contributed by atoms with Gasteiger partial charge in [-0.15, -0.1) is 0 Å². The number of carbonyl (C=O) groups excluding carboxylic acids is 2. The molecule has 22 heavy (non-hydrogen) atoms. The average molecular weight is 305 g/mol. The number of alkyl carbamates (subject to hydrolysis) is 1. The van der Waals surface area contributed by atoms with Gasteiger partial charge >= 0.3 is 12.1 Å². The molecule has 1 fully saturated rings. The molecule has 2 atom stereocenters. The zero-order chi connectivity index (χ0) is 16.2. The third kappa shape index (κ3) is 5.06. The van der Waals surface area contributed by atoms with Crippen molar-refractivity contribution >= 4 is 12.1 Å². The summed E-state index contributed by atoms with van der Waals surface area (Å²) in [5.41, 5.74) is 0.514. The first-order chi connectivity index (χ1) is 10.3. The van der Waals surface area contributed by atoms with Crippen molar-refractivity contribution in [3.8, 4) is 0 Å². The van der Waals surface area contributed by atoms with Crippen molar-refractivity contribution in [1.29, 1.82) is 0 Å². The minimum Gasteiger partial charge on any atom is -0.460 e. The van der Waals surface area contributed by atoms with Crippen LogP contribution in [0, 0.1) is 0 Å². The number of hydrogen-bond donors (Lipinski definition) is 1. The Morgan fingerprint density at radius 2 is 2.05 bits per heavy atom. The van der Waals surface area contributed by atoms with Crippen LogP contribution in [-0.4, -0.2) is 29.8 Å².